The van der Waals surface area contributed by atoms with E-state index in [2.05, 4.69) is 51.5 Å². The third-order valence-electron chi connectivity index (χ3n) is 2.62. The second kappa shape index (κ2) is 5.02. The molecule has 0 aliphatic heterocycles. The Morgan fingerprint density at radius 2 is 1.78 bits per heavy atom. The molecule has 0 amide bonds. The number of aromatic nitrogens is 3. The SMILES string of the molecule is CC(C)(C)n1c(CBr)nnc1-c1ccc(Cl)cc1. The van der Waals surface area contributed by atoms with Crippen LogP contribution in [0.4, 0.5) is 0 Å². The number of hydrogen-bond donors (Lipinski definition) is 0. The summed E-state index contributed by atoms with van der Waals surface area (Å²) in [5.41, 5.74) is 0.954. The number of nitrogens with zero attached hydrogens (tertiary/aromatic N) is 3. The van der Waals surface area contributed by atoms with Gasteiger partial charge in [-0.2, -0.15) is 0 Å². The predicted octanol–water partition coefficient (Wildman–Crippen LogP) is 4.25. The molecule has 0 fully saturated rings. The Hall–Kier alpha value is -0.870. The van der Waals surface area contributed by atoms with Crippen LogP contribution in [-0.2, 0) is 10.9 Å². The van der Waals surface area contributed by atoms with Gasteiger partial charge in [-0.3, -0.25) is 0 Å². The van der Waals surface area contributed by atoms with Gasteiger partial charge in [-0.05, 0) is 45.0 Å². The van der Waals surface area contributed by atoms with E-state index in [1.165, 1.54) is 0 Å². The van der Waals surface area contributed by atoms with E-state index in [0.29, 0.717) is 5.33 Å². The van der Waals surface area contributed by atoms with Gasteiger partial charge in [-0.1, -0.05) is 27.5 Å². The Bertz CT molecular complexity index is 540. The number of hydrogen-bond acceptors (Lipinski definition) is 2. The molecule has 2 rings (SSSR count). The molecule has 18 heavy (non-hydrogen) atoms. The first-order chi connectivity index (χ1) is 8.43. The molecular formula is C13H15BrClN3. The van der Waals surface area contributed by atoms with Gasteiger partial charge in [0.2, 0.25) is 0 Å². The molecule has 0 radical (unpaired) electrons. The Labute approximate surface area is 120 Å². The fraction of sp³-hybridized carbons (Fsp3) is 0.385. The third-order valence-corrected chi connectivity index (χ3v) is 3.38. The van der Waals surface area contributed by atoms with Crippen molar-refractivity contribution in [3.63, 3.8) is 0 Å². The lowest BCUT2D eigenvalue weighted by molar-refractivity contribution is 0.391. The van der Waals surface area contributed by atoms with Gasteiger partial charge in [0.05, 0.1) is 5.33 Å². The van der Waals surface area contributed by atoms with Crippen LogP contribution in [-0.4, -0.2) is 14.8 Å². The largest absolute Gasteiger partial charge is 0.305 e. The zero-order valence-electron chi connectivity index (χ0n) is 10.6. The van der Waals surface area contributed by atoms with E-state index < -0.39 is 0 Å². The molecule has 0 aliphatic rings. The maximum Gasteiger partial charge on any atom is 0.164 e. The van der Waals surface area contributed by atoms with Gasteiger partial charge < -0.3 is 4.57 Å². The summed E-state index contributed by atoms with van der Waals surface area (Å²) in [4.78, 5) is 0. The third kappa shape index (κ3) is 2.59. The number of alkyl halides is 1. The fourth-order valence-corrected chi connectivity index (χ4v) is 2.38. The van der Waals surface area contributed by atoms with Crippen LogP contribution in [0.1, 0.15) is 26.6 Å². The van der Waals surface area contributed by atoms with Gasteiger partial charge in [0.1, 0.15) is 5.82 Å². The zero-order chi connectivity index (χ0) is 13.3. The van der Waals surface area contributed by atoms with E-state index in [9.17, 15) is 0 Å². The van der Waals surface area contributed by atoms with E-state index in [4.69, 9.17) is 11.6 Å². The van der Waals surface area contributed by atoms with Crippen LogP contribution in [0.25, 0.3) is 11.4 Å². The highest BCUT2D eigenvalue weighted by atomic mass is 79.9. The van der Waals surface area contributed by atoms with E-state index in [0.717, 1.165) is 22.2 Å². The molecule has 96 valence electrons. The first-order valence-electron chi connectivity index (χ1n) is 5.70. The molecule has 1 heterocycles. The maximum atomic E-state index is 5.91. The van der Waals surface area contributed by atoms with Gasteiger partial charge in [0, 0.05) is 16.1 Å². The van der Waals surface area contributed by atoms with E-state index in [1.54, 1.807) is 0 Å². The first-order valence-corrected chi connectivity index (χ1v) is 7.20. The van der Waals surface area contributed by atoms with Gasteiger partial charge in [0.25, 0.3) is 0 Å². The molecular weight excluding hydrogens is 314 g/mol. The highest BCUT2D eigenvalue weighted by Gasteiger charge is 2.23. The molecule has 0 unspecified atom stereocenters. The minimum absolute atomic E-state index is 0.0679. The van der Waals surface area contributed by atoms with Crippen molar-refractivity contribution >= 4 is 27.5 Å². The summed E-state index contributed by atoms with van der Waals surface area (Å²) in [6.07, 6.45) is 0. The standard InChI is InChI=1S/C13H15BrClN3/c1-13(2,3)18-11(8-14)16-17-12(18)9-4-6-10(15)7-5-9/h4-7H,8H2,1-3H3. The number of halogens is 2. The van der Waals surface area contributed by atoms with Crippen molar-refractivity contribution in [1.82, 2.24) is 14.8 Å². The molecule has 1 aromatic heterocycles. The molecule has 0 aliphatic carbocycles. The van der Waals surface area contributed by atoms with Crippen molar-refractivity contribution in [3.8, 4) is 11.4 Å². The van der Waals surface area contributed by atoms with E-state index >= 15 is 0 Å². The van der Waals surface area contributed by atoms with Crippen molar-refractivity contribution in [2.75, 3.05) is 0 Å². The second-order valence-corrected chi connectivity index (χ2v) is 6.08. The molecule has 0 bridgehead atoms. The van der Waals surface area contributed by atoms with Crippen LogP contribution in [0.5, 0.6) is 0 Å². The fourth-order valence-electron chi connectivity index (χ4n) is 1.89. The van der Waals surface area contributed by atoms with Crippen molar-refractivity contribution in [2.24, 2.45) is 0 Å². The van der Waals surface area contributed by atoms with Gasteiger partial charge in [0.15, 0.2) is 5.82 Å². The number of rotatable bonds is 2. The molecule has 3 nitrogen and oxygen atoms in total. The summed E-state index contributed by atoms with van der Waals surface area (Å²) >= 11 is 9.36. The van der Waals surface area contributed by atoms with Crippen molar-refractivity contribution in [2.45, 2.75) is 31.6 Å². The van der Waals surface area contributed by atoms with E-state index in [-0.39, 0.29) is 5.54 Å². The minimum Gasteiger partial charge on any atom is -0.305 e. The first kappa shape index (κ1) is 13.6. The van der Waals surface area contributed by atoms with Crippen LogP contribution in [0.2, 0.25) is 5.02 Å². The Balaban J connectivity index is 2.58. The normalized spacial score (nSPS) is 11.8. The predicted molar refractivity (Wildman–Crippen MR) is 78.1 cm³/mol. The van der Waals surface area contributed by atoms with Crippen LogP contribution in [0.3, 0.4) is 0 Å². The molecule has 0 saturated heterocycles. The van der Waals surface area contributed by atoms with Crippen LogP contribution in [0, 0.1) is 0 Å². The van der Waals surface area contributed by atoms with E-state index in [1.807, 2.05) is 24.3 Å². The molecule has 5 heteroatoms. The highest BCUT2D eigenvalue weighted by Crippen LogP contribution is 2.27. The summed E-state index contributed by atoms with van der Waals surface area (Å²) in [6, 6.07) is 7.66. The molecule has 2 aromatic rings. The van der Waals surface area contributed by atoms with Gasteiger partial charge in [-0.25, -0.2) is 0 Å². The zero-order valence-corrected chi connectivity index (χ0v) is 13.0. The smallest absolute Gasteiger partial charge is 0.164 e. The summed E-state index contributed by atoms with van der Waals surface area (Å²) in [7, 11) is 0. The quantitative estimate of drug-likeness (QED) is 0.772. The number of benzene rings is 1. The Morgan fingerprint density at radius 1 is 1.17 bits per heavy atom. The summed E-state index contributed by atoms with van der Waals surface area (Å²) in [5, 5.41) is 9.94. The van der Waals surface area contributed by atoms with Crippen LogP contribution in [0.15, 0.2) is 24.3 Å². The lowest BCUT2D eigenvalue weighted by atomic mass is 10.1. The molecule has 0 N–H and O–H groups in total. The average Bonchev–Trinajstić information content (AvgIpc) is 2.73. The van der Waals surface area contributed by atoms with Crippen LogP contribution >= 0.6 is 27.5 Å². The molecule has 0 atom stereocenters. The lowest BCUT2D eigenvalue weighted by Gasteiger charge is -2.24. The molecule has 0 spiro atoms. The topological polar surface area (TPSA) is 30.7 Å². The highest BCUT2D eigenvalue weighted by molar-refractivity contribution is 9.08. The van der Waals surface area contributed by atoms with Gasteiger partial charge in [-0.15, -0.1) is 10.2 Å². The van der Waals surface area contributed by atoms with Crippen molar-refractivity contribution in [1.29, 1.82) is 0 Å². The maximum absolute atomic E-state index is 5.91. The lowest BCUT2D eigenvalue weighted by Crippen LogP contribution is -2.24. The molecule has 1 aromatic carbocycles. The van der Waals surface area contributed by atoms with Gasteiger partial charge >= 0.3 is 0 Å². The van der Waals surface area contributed by atoms with Crippen molar-refractivity contribution < 1.29 is 0 Å². The van der Waals surface area contributed by atoms with Crippen LogP contribution < -0.4 is 0 Å². The summed E-state index contributed by atoms with van der Waals surface area (Å²) in [6.45, 7) is 6.42. The van der Waals surface area contributed by atoms with Crippen molar-refractivity contribution in [3.05, 3.63) is 35.1 Å². The summed E-state index contributed by atoms with van der Waals surface area (Å²) < 4.78 is 2.14. The molecule has 0 saturated carbocycles. The Morgan fingerprint density at radius 3 is 2.28 bits per heavy atom. The minimum atomic E-state index is -0.0679. The monoisotopic (exact) mass is 327 g/mol. The average molecular weight is 329 g/mol. The second-order valence-electron chi connectivity index (χ2n) is 5.09. The Kier molecular flexibility index (Phi) is 3.78. The summed E-state index contributed by atoms with van der Waals surface area (Å²) in [5.74, 6) is 1.79.